The fourth-order valence-corrected chi connectivity index (χ4v) is 4.48. The van der Waals surface area contributed by atoms with E-state index < -0.39 is 7.92 Å². The second kappa shape index (κ2) is 7.48. The molecule has 1 radical (unpaired) electrons. The molecule has 0 unspecified atom stereocenters. The van der Waals surface area contributed by atoms with Crippen LogP contribution in [0.25, 0.3) is 0 Å². The summed E-state index contributed by atoms with van der Waals surface area (Å²) in [6.07, 6.45) is 0. The first-order chi connectivity index (χ1) is 9.45. The average Bonchev–Trinajstić information content (AvgIpc) is 2.51. The van der Waals surface area contributed by atoms with Crippen LogP contribution in [-0.2, 0) is 19.5 Å². The van der Waals surface area contributed by atoms with E-state index in [1.807, 2.05) is 0 Å². The number of benzene rings is 3. The summed E-state index contributed by atoms with van der Waals surface area (Å²) >= 11 is 0. The molecule has 104 valence electrons. The van der Waals surface area contributed by atoms with E-state index >= 15 is 0 Å². The Hall–Kier alpha value is -1.29. The molecule has 0 aliphatic rings. The first-order valence-electron chi connectivity index (χ1n) is 6.40. The summed E-state index contributed by atoms with van der Waals surface area (Å²) in [6, 6.07) is 32.3. The van der Waals surface area contributed by atoms with Crippen molar-refractivity contribution in [1.82, 2.24) is 0 Å². The minimum absolute atomic E-state index is 0. The first-order valence-corrected chi connectivity index (χ1v) is 7.74. The minimum atomic E-state index is -0.446. The summed E-state index contributed by atoms with van der Waals surface area (Å²) in [5.74, 6) is 0. The van der Waals surface area contributed by atoms with Crippen molar-refractivity contribution >= 4 is 23.8 Å². The molecule has 0 fully saturated rings. The van der Waals surface area contributed by atoms with Crippen molar-refractivity contribution in [2.45, 2.75) is 0 Å². The molecule has 0 N–H and O–H groups in total. The van der Waals surface area contributed by atoms with E-state index in [0.29, 0.717) is 0 Å². The second-order valence-electron chi connectivity index (χ2n) is 4.34. The molecule has 0 atom stereocenters. The van der Waals surface area contributed by atoms with E-state index in [1.165, 1.54) is 15.9 Å². The zero-order valence-electron chi connectivity index (χ0n) is 11.0. The normalized spacial score (nSPS) is 10.1. The van der Waals surface area contributed by atoms with Gasteiger partial charge in [-0.3, -0.25) is 0 Å². The van der Waals surface area contributed by atoms with Crippen molar-refractivity contribution in [2.24, 2.45) is 0 Å². The summed E-state index contributed by atoms with van der Waals surface area (Å²) in [5.41, 5.74) is 0. The standard InChI is InChI=1S/C18H15P.Rh.3H/c1-4-10-16(11-5-1)19(17-12-6-2-7-13-17)18-14-8-3-9-15-18;;;;/h1-15H;;;;. The van der Waals surface area contributed by atoms with Crippen LogP contribution in [0.2, 0.25) is 0 Å². The van der Waals surface area contributed by atoms with Crippen molar-refractivity contribution in [2.75, 3.05) is 0 Å². The minimum Gasteiger partial charge on any atom is -0.0622 e. The smallest absolute Gasteiger partial charge is 0.0134 e. The number of hydrogen-bond donors (Lipinski definition) is 0. The van der Waals surface area contributed by atoms with Crippen LogP contribution in [0, 0.1) is 0 Å². The van der Waals surface area contributed by atoms with Gasteiger partial charge in [-0.2, -0.15) is 0 Å². The van der Waals surface area contributed by atoms with Crippen LogP contribution in [-0.4, -0.2) is 0 Å². The van der Waals surface area contributed by atoms with Crippen molar-refractivity contribution in [1.29, 1.82) is 0 Å². The fourth-order valence-electron chi connectivity index (χ4n) is 2.18. The second-order valence-corrected chi connectivity index (χ2v) is 6.56. The van der Waals surface area contributed by atoms with Gasteiger partial charge in [0.05, 0.1) is 0 Å². The summed E-state index contributed by atoms with van der Waals surface area (Å²) in [4.78, 5) is 0. The van der Waals surface area contributed by atoms with Crippen LogP contribution in [0.1, 0.15) is 0 Å². The van der Waals surface area contributed by atoms with Gasteiger partial charge in [0.1, 0.15) is 0 Å². The molecule has 0 heterocycles. The molecule has 0 aliphatic carbocycles. The fraction of sp³-hybridized carbons (Fsp3) is 0. The van der Waals surface area contributed by atoms with Crippen LogP contribution in [0.3, 0.4) is 0 Å². The zero-order valence-corrected chi connectivity index (χ0v) is 13.9. The van der Waals surface area contributed by atoms with Crippen molar-refractivity contribution in [3.8, 4) is 0 Å². The Bertz CT molecular complexity index is 529. The molecular weight excluding hydrogens is 350 g/mol. The Kier molecular flexibility index (Phi) is 5.65. The van der Waals surface area contributed by atoms with E-state index in [4.69, 9.17) is 0 Å². The topological polar surface area (TPSA) is 0 Å². The SMILES string of the molecule is [RhH3].c1ccc(P(c2ccccc2)c2ccccc2)cc1. The maximum absolute atomic E-state index is 2.23. The number of hydrogen-bond acceptors (Lipinski definition) is 0. The third-order valence-electron chi connectivity index (χ3n) is 3.04. The van der Waals surface area contributed by atoms with Gasteiger partial charge >= 0.3 is 19.5 Å². The molecule has 3 rings (SSSR count). The molecule has 20 heavy (non-hydrogen) atoms. The molecule has 0 aliphatic heterocycles. The van der Waals surface area contributed by atoms with Crippen LogP contribution < -0.4 is 15.9 Å². The monoisotopic (exact) mass is 368 g/mol. The first kappa shape index (κ1) is 15.1. The van der Waals surface area contributed by atoms with Gasteiger partial charge in [-0.15, -0.1) is 0 Å². The molecule has 0 amide bonds. The third kappa shape index (κ3) is 3.42. The van der Waals surface area contributed by atoms with E-state index in [9.17, 15) is 0 Å². The predicted molar refractivity (Wildman–Crippen MR) is 89.3 cm³/mol. The molecule has 0 spiro atoms. The maximum Gasteiger partial charge on any atom is -0.0134 e. The number of rotatable bonds is 3. The van der Waals surface area contributed by atoms with Gasteiger partial charge in [0.15, 0.2) is 0 Å². The summed E-state index contributed by atoms with van der Waals surface area (Å²) in [5, 5.41) is 4.19. The van der Waals surface area contributed by atoms with Crippen LogP contribution in [0.5, 0.6) is 0 Å². The van der Waals surface area contributed by atoms with E-state index in [-0.39, 0.29) is 19.5 Å². The summed E-state index contributed by atoms with van der Waals surface area (Å²) in [6.45, 7) is 0. The van der Waals surface area contributed by atoms with Gasteiger partial charge in [-0.1, -0.05) is 91.0 Å². The quantitative estimate of drug-likeness (QED) is 0.493. The van der Waals surface area contributed by atoms with Gasteiger partial charge in [0.25, 0.3) is 0 Å². The largest absolute Gasteiger partial charge is 0.0622 e. The molecule has 0 bridgehead atoms. The molecule has 2 heteroatoms. The summed E-state index contributed by atoms with van der Waals surface area (Å²) in [7, 11) is -0.446. The van der Waals surface area contributed by atoms with E-state index in [2.05, 4.69) is 91.0 Å². The van der Waals surface area contributed by atoms with Gasteiger partial charge in [0, 0.05) is 0 Å². The van der Waals surface area contributed by atoms with E-state index in [1.54, 1.807) is 0 Å². The van der Waals surface area contributed by atoms with Gasteiger partial charge in [0.2, 0.25) is 0 Å². The zero-order chi connectivity index (χ0) is 12.9. The Morgan fingerprint density at radius 2 is 0.650 bits per heavy atom. The molecule has 0 nitrogen and oxygen atoms in total. The predicted octanol–water partition coefficient (Wildman–Crippen LogP) is 2.64. The van der Waals surface area contributed by atoms with Crippen molar-refractivity contribution in [3.05, 3.63) is 91.0 Å². The molecule has 3 aromatic carbocycles. The van der Waals surface area contributed by atoms with Gasteiger partial charge in [-0.25, -0.2) is 0 Å². The average molecular weight is 368 g/mol. The molecule has 0 saturated carbocycles. The van der Waals surface area contributed by atoms with Crippen LogP contribution >= 0.6 is 7.92 Å². The Balaban J connectivity index is 0.00000147. The van der Waals surface area contributed by atoms with Crippen molar-refractivity contribution in [3.63, 3.8) is 0 Å². The van der Waals surface area contributed by atoms with Gasteiger partial charge < -0.3 is 0 Å². The third-order valence-corrected chi connectivity index (χ3v) is 5.49. The molecular formula is C18H18PRh. The maximum atomic E-state index is 2.23. The van der Waals surface area contributed by atoms with Crippen LogP contribution in [0.15, 0.2) is 91.0 Å². The Morgan fingerprint density at radius 3 is 0.900 bits per heavy atom. The summed E-state index contributed by atoms with van der Waals surface area (Å²) < 4.78 is 0. The molecule has 3 aromatic rings. The Morgan fingerprint density at radius 1 is 0.400 bits per heavy atom. The molecule has 0 aromatic heterocycles. The Labute approximate surface area is 134 Å². The van der Waals surface area contributed by atoms with Crippen LogP contribution in [0.4, 0.5) is 0 Å². The van der Waals surface area contributed by atoms with E-state index in [0.717, 1.165) is 0 Å². The molecule has 0 saturated heterocycles. The van der Waals surface area contributed by atoms with Crippen molar-refractivity contribution < 1.29 is 19.5 Å². The van der Waals surface area contributed by atoms with Gasteiger partial charge in [-0.05, 0) is 23.8 Å².